The SMILES string of the molecule is CCC(CC)C(=O)NCc1ccc(C(=O)c2ccccc2)s1. The van der Waals surface area contributed by atoms with E-state index in [-0.39, 0.29) is 17.6 Å². The lowest BCUT2D eigenvalue weighted by Crippen LogP contribution is -2.29. The van der Waals surface area contributed by atoms with Crippen LogP contribution in [0.3, 0.4) is 0 Å². The highest BCUT2D eigenvalue weighted by molar-refractivity contribution is 7.14. The summed E-state index contributed by atoms with van der Waals surface area (Å²) in [4.78, 5) is 26.0. The molecule has 0 bridgehead atoms. The molecule has 0 radical (unpaired) electrons. The zero-order valence-electron chi connectivity index (χ0n) is 13.0. The van der Waals surface area contributed by atoms with E-state index < -0.39 is 0 Å². The molecule has 2 rings (SSSR count). The van der Waals surface area contributed by atoms with Gasteiger partial charge in [0.25, 0.3) is 0 Å². The van der Waals surface area contributed by atoms with Crippen LogP contribution in [-0.2, 0) is 11.3 Å². The number of carbonyl (C=O) groups excluding carboxylic acids is 2. The summed E-state index contributed by atoms with van der Waals surface area (Å²) in [5.41, 5.74) is 0.692. The van der Waals surface area contributed by atoms with Gasteiger partial charge in [0.2, 0.25) is 11.7 Å². The molecule has 4 heteroatoms. The van der Waals surface area contributed by atoms with Crippen molar-refractivity contribution in [1.82, 2.24) is 5.32 Å². The van der Waals surface area contributed by atoms with Crippen LogP contribution < -0.4 is 5.32 Å². The van der Waals surface area contributed by atoms with Crippen molar-refractivity contribution in [2.45, 2.75) is 33.2 Å². The Morgan fingerprint density at radius 1 is 1.05 bits per heavy atom. The number of benzene rings is 1. The molecule has 22 heavy (non-hydrogen) atoms. The number of carbonyl (C=O) groups is 2. The number of thiophene rings is 1. The molecule has 1 aromatic carbocycles. The summed E-state index contributed by atoms with van der Waals surface area (Å²) in [6.45, 7) is 4.53. The van der Waals surface area contributed by atoms with Crippen LogP contribution in [0.2, 0.25) is 0 Å². The topological polar surface area (TPSA) is 46.2 Å². The highest BCUT2D eigenvalue weighted by Crippen LogP contribution is 2.20. The van der Waals surface area contributed by atoms with Crippen LogP contribution in [0, 0.1) is 5.92 Å². The maximum atomic E-state index is 12.3. The minimum Gasteiger partial charge on any atom is -0.351 e. The van der Waals surface area contributed by atoms with Crippen molar-refractivity contribution in [2.75, 3.05) is 0 Å². The summed E-state index contributed by atoms with van der Waals surface area (Å²) in [7, 11) is 0. The Kier molecular flexibility index (Phi) is 5.90. The van der Waals surface area contributed by atoms with Crippen molar-refractivity contribution in [3.63, 3.8) is 0 Å². The molecule has 0 aliphatic carbocycles. The minimum absolute atomic E-state index is 0.0307. The van der Waals surface area contributed by atoms with Gasteiger partial charge in [-0.05, 0) is 25.0 Å². The minimum atomic E-state index is 0.0307. The molecule has 0 unspecified atom stereocenters. The fourth-order valence-electron chi connectivity index (χ4n) is 2.30. The second-order valence-electron chi connectivity index (χ2n) is 5.19. The van der Waals surface area contributed by atoms with E-state index in [9.17, 15) is 9.59 Å². The van der Waals surface area contributed by atoms with E-state index in [1.54, 1.807) is 0 Å². The summed E-state index contributed by atoms with van der Waals surface area (Å²) in [5.74, 6) is 0.197. The van der Waals surface area contributed by atoms with Crippen LogP contribution in [0.4, 0.5) is 0 Å². The van der Waals surface area contributed by atoms with Gasteiger partial charge in [0.05, 0.1) is 11.4 Å². The molecule has 1 aromatic heterocycles. The molecule has 0 saturated heterocycles. The molecule has 1 amide bonds. The molecule has 0 spiro atoms. The van der Waals surface area contributed by atoms with E-state index in [2.05, 4.69) is 5.32 Å². The third-order valence-electron chi connectivity index (χ3n) is 3.71. The molecular formula is C18H21NO2S. The number of hydrogen-bond donors (Lipinski definition) is 1. The summed E-state index contributed by atoms with van der Waals surface area (Å²) < 4.78 is 0. The van der Waals surface area contributed by atoms with Gasteiger partial charge in [0, 0.05) is 16.4 Å². The second-order valence-corrected chi connectivity index (χ2v) is 6.36. The third-order valence-corrected chi connectivity index (χ3v) is 4.80. The Bertz CT molecular complexity index is 630. The zero-order valence-corrected chi connectivity index (χ0v) is 13.8. The van der Waals surface area contributed by atoms with Crippen LogP contribution in [0.15, 0.2) is 42.5 Å². The quantitative estimate of drug-likeness (QED) is 0.784. The number of nitrogens with one attached hydrogen (secondary N) is 1. The summed E-state index contributed by atoms with van der Waals surface area (Å²) in [5, 5.41) is 2.95. The van der Waals surface area contributed by atoms with Crippen molar-refractivity contribution in [3.8, 4) is 0 Å². The Labute approximate surface area is 135 Å². The van der Waals surface area contributed by atoms with Crippen molar-refractivity contribution in [1.29, 1.82) is 0 Å². The van der Waals surface area contributed by atoms with Crippen molar-refractivity contribution < 1.29 is 9.59 Å². The van der Waals surface area contributed by atoms with Crippen LogP contribution in [-0.4, -0.2) is 11.7 Å². The second kappa shape index (κ2) is 7.90. The van der Waals surface area contributed by atoms with E-state index in [0.717, 1.165) is 17.7 Å². The smallest absolute Gasteiger partial charge is 0.223 e. The van der Waals surface area contributed by atoms with Gasteiger partial charge in [-0.3, -0.25) is 9.59 Å². The predicted molar refractivity (Wildman–Crippen MR) is 90.1 cm³/mol. The van der Waals surface area contributed by atoms with E-state index in [4.69, 9.17) is 0 Å². The highest BCUT2D eigenvalue weighted by atomic mass is 32.1. The first kappa shape index (κ1) is 16.4. The molecule has 0 fully saturated rings. The Morgan fingerprint density at radius 3 is 2.36 bits per heavy atom. The van der Waals surface area contributed by atoms with Crippen molar-refractivity contribution in [3.05, 3.63) is 57.8 Å². The molecule has 116 valence electrons. The van der Waals surface area contributed by atoms with E-state index in [0.29, 0.717) is 17.0 Å². The molecule has 2 aromatic rings. The third kappa shape index (κ3) is 4.04. The fourth-order valence-corrected chi connectivity index (χ4v) is 3.21. The normalized spacial score (nSPS) is 10.7. The molecule has 0 atom stereocenters. The Hall–Kier alpha value is -1.94. The first-order valence-corrected chi connectivity index (χ1v) is 8.43. The molecule has 0 aliphatic rings. The lowest BCUT2D eigenvalue weighted by molar-refractivity contribution is -0.125. The summed E-state index contributed by atoms with van der Waals surface area (Å²) in [6, 6.07) is 13.0. The van der Waals surface area contributed by atoms with Crippen molar-refractivity contribution in [2.24, 2.45) is 5.92 Å². The number of hydrogen-bond acceptors (Lipinski definition) is 3. The van der Waals surface area contributed by atoms with Crippen LogP contribution in [0.5, 0.6) is 0 Å². The molecular weight excluding hydrogens is 294 g/mol. The van der Waals surface area contributed by atoms with Gasteiger partial charge in [-0.1, -0.05) is 44.2 Å². The zero-order chi connectivity index (χ0) is 15.9. The van der Waals surface area contributed by atoms with Gasteiger partial charge < -0.3 is 5.32 Å². The average molecular weight is 315 g/mol. The maximum absolute atomic E-state index is 12.3. The highest BCUT2D eigenvalue weighted by Gasteiger charge is 2.15. The van der Waals surface area contributed by atoms with Crippen LogP contribution >= 0.6 is 11.3 Å². The van der Waals surface area contributed by atoms with E-state index in [1.165, 1.54) is 11.3 Å². The largest absolute Gasteiger partial charge is 0.351 e. The average Bonchev–Trinajstić information content (AvgIpc) is 3.03. The number of ketones is 1. The summed E-state index contributed by atoms with van der Waals surface area (Å²) >= 11 is 1.44. The number of rotatable bonds is 7. The van der Waals surface area contributed by atoms with Gasteiger partial charge in [-0.2, -0.15) is 0 Å². The Balaban J connectivity index is 1.97. The predicted octanol–water partition coefficient (Wildman–Crippen LogP) is 4.03. The molecule has 0 saturated carbocycles. The molecule has 1 heterocycles. The monoisotopic (exact) mass is 315 g/mol. The van der Waals surface area contributed by atoms with Crippen LogP contribution in [0.25, 0.3) is 0 Å². The van der Waals surface area contributed by atoms with E-state index in [1.807, 2.05) is 56.3 Å². The van der Waals surface area contributed by atoms with Gasteiger partial charge in [-0.15, -0.1) is 11.3 Å². The first-order chi connectivity index (χ1) is 10.7. The van der Waals surface area contributed by atoms with Crippen LogP contribution in [0.1, 0.15) is 46.8 Å². The molecule has 1 N–H and O–H groups in total. The first-order valence-electron chi connectivity index (χ1n) is 7.61. The summed E-state index contributed by atoms with van der Waals surface area (Å²) in [6.07, 6.45) is 1.70. The fraction of sp³-hybridized carbons (Fsp3) is 0.333. The Morgan fingerprint density at radius 2 is 1.73 bits per heavy atom. The molecule has 0 aliphatic heterocycles. The lowest BCUT2D eigenvalue weighted by Gasteiger charge is -2.11. The van der Waals surface area contributed by atoms with Gasteiger partial charge >= 0.3 is 0 Å². The van der Waals surface area contributed by atoms with Gasteiger partial charge in [0.15, 0.2) is 0 Å². The number of amides is 1. The lowest BCUT2D eigenvalue weighted by atomic mass is 10.0. The van der Waals surface area contributed by atoms with Crippen molar-refractivity contribution >= 4 is 23.0 Å². The van der Waals surface area contributed by atoms with E-state index >= 15 is 0 Å². The molecule has 3 nitrogen and oxygen atoms in total. The maximum Gasteiger partial charge on any atom is 0.223 e. The van der Waals surface area contributed by atoms with Gasteiger partial charge in [-0.25, -0.2) is 0 Å². The standard InChI is InChI=1S/C18H21NO2S/c1-3-13(4-2)18(21)19-12-15-10-11-16(22-15)17(20)14-8-6-5-7-9-14/h5-11,13H,3-4,12H2,1-2H3,(H,19,21). The van der Waals surface area contributed by atoms with Gasteiger partial charge in [0.1, 0.15) is 0 Å².